The van der Waals surface area contributed by atoms with Gasteiger partial charge in [0.2, 0.25) is 5.88 Å². The maximum absolute atomic E-state index is 9.49. The van der Waals surface area contributed by atoms with E-state index in [0.717, 1.165) is 27.6 Å². The summed E-state index contributed by atoms with van der Waals surface area (Å²) in [5, 5.41) is 11.2. The van der Waals surface area contributed by atoms with Crippen molar-refractivity contribution in [1.82, 2.24) is 4.98 Å². The number of nitrogens with zero attached hydrogens (tertiary/aromatic N) is 2. The second kappa shape index (κ2) is 5.74. The van der Waals surface area contributed by atoms with Crippen molar-refractivity contribution in [2.45, 2.75) is 0 Å². The van der Waals surface area contributed by atoms with Gasteiger partial charge in [-0.25, -0.2) is 4.98 Å². The highest BCUT2D eigenvalue weighted by atomic mass is 16.5. The van der Waals surface area contributed by atoms with Crippen LogP contribution in [0.3, 0.4) is 0 Å². The first kappa shape index (κ1) is 13.9. The van der Waals surface area contributed by atoms with E-state index in [2.05, 4.69) is 11.1 Å². The molecule has 0 saturated carbocycles. The molecule has 0 unspecified atom stereocenters. The minimum Gasteiger partial charge on any atom is -0.497 e. The SMILES string of the molecule is COc1ccc2c(OC)nc(C#N)c(-c3ccccc3)c2c1. The molecule has 0 N–H and O–H groups in total. The molecule has 2 aromatic carbocycles. The van der Waals surface area contributed by atoms with Gasteiger partial charge in [-0.05, 0) is 23.8 Å². The molecule has 0 radical (unpaired) electrons. The van der Waals surface area contributed by atoms with Crippen LogP contribution in [0.2, 0.25) is 0 Å². The van der Waals surface area contributed by atoms with Gasteiger partial charge in [0, 0.05) is 16.3 Å². The van der Waals surface area contributed by atoms with Gasteiger partial charge in [0.25, 0.3) is 0 Å². The summed E-state index contributed by atoms with van der Waals surface area (Å²) in [6, 6.07) is 17.6. The fourth-order valence-electron chi connectivity index (χ4n) is 2.52. The lowest BCUT2D eigenvalue weighted by molar-refractivity contribution is 0.402. The largest absolute Gasteiger partial charge is 0.497 e. The third kappa shape index (κ3) is 2.23. The number of fused-ring (bicyclic) bond motifs is 1. The highest BCUT2D eigenvalue weighted by Crippen LogP contribution is 2.37. The smallest absolute Gasteiger partial charge is 0.222 e. The van der Waals surface area contributed by atoms with Crippen molar-refractivity contribution >= 4 is 10.8 Å². The number of aromatic nitrogens is 1. The molecule has 1 heterocycles. The lowest BCUT2D eigenvalue weighted by Gasteiger charge is -2.13. The Kier molecular flexibility index (Phi) is 3.63. The van der Waals surface area contributed by atoms with Crippen LogP contribution in [0.1, 0.15) is 5.69 Å². The molecule has 0 fully saturated rings. The Hall–Kier alpha value is -3.06. The number of benzene rings is 2. The summed E-state index contributed by atoms with van der Waals surface area (Å²) in [4.78, 5) is 4.35. The van der Waals surface area contributed by atoms with Crippen molar-refractivity contribution in [3.63, 3.8) is 0 Å². The Balaban J connectivity index is 2.45. The quantitative estimate of drug-likeness (QED) is 0.736. The highest BCUT2D eigenvalue weighted by Gasteiger charge is 2.16. The van der Waals surface area contributed by atoms with Gasteiger partial charge in [0.15, 0.2) is 5.69 Å². The number of hydrogen-bond donors (Lipinski definition) is 0. The Morgan fingerprint density at radius 3 is 2.36 bits per heavy atom. The van der Waals surface area contributed by atoms with Gasteiger partial charge in [-0.1, -0.05) is 30.3 Å². The zero-order valence-corrected chi connectivity index (χ0v) is 12.3. The second-order valence-electron chi connectivity index (χ2n) is 4.73. The van der Waals surface area contributed by atoms with E-state index in [1.165, 1.54) is 0 Å². The van der Waals surface area contributed by atoms with Crippen LogP contribution in [-0.4, -0.2) is 19.2 Å². The summed E-state index contributed by atoms with van der Waals surface area (Å²) in [5.74, 6) is 1.16. The summed E-state index contributed by atoms with van der Waals surface area (Å²) in [6.07, 6.45) is 0. The lowest BCUT2D eigenvalue weighted by Crippen LogP contribution is -1.97. The van der Waals surface area contributed by atoms with E-state index in [0.29, 0.717) is 11.6 Å². The molecule has 0 aliphatic heterocycles. The van der Waals surface area contributed by atoms with E-state index < -0.39 is 0 Å². The standard InChI is InChI=1S/C18H14N2O2/c1-21-13-8-9-14-15(10-13)17(12-6-4-3-5-7-12)16(11-19)20-18(14)22-2/h3-10H,1-2H3. The maximum Gasteiger partial charge on any atom is 0.222 e. The summed E-state index contributed by atoms with van der Waals surface area (Å²) >= 11 is 0. The normalized spacial score (nSPS) is 10.2. The van der Waals surface area contributed by atoms with Crippen LogP contribution in [0.25, 0.3) is 21.9 Å². The zero-order valence-electron chi connectivity index (χ0n) is 12.3. The third-order valence-corrected chi connectivity index (χ3v) is 3.54. The number of pyridine rings is 1. The van der Waals surface area contributed by atoms with Gasteiger partial charge in [-0.15, -0.1) is 0 Å². The Bertz CT molecular complexity index is 868. The minimum absolute atomic E-state index is 0.337. The summed E-state index contributed by atoms with van der Waals surface area (Å²) in [6.45, 7) is 0. The topological polar surface area (TPSA) is 55.1 Å². The Morgan fingerprint density at radius 2 is 1.73 bits per heavy atom. The molecule has 0 saturated heterocycles. The highest BCUT2D eigenvalue weighted by molar-refractivity contribution is 6.01. The number of rotatable bonds is 3. The van der Waals surface area contributed by atoms with Crippen molar-refractivity contribution < 1.29 is 9.47 Å². The van der Waals surface area contributed by atoms with Gasteiger partial charge in [-0.2, -0.15) is 5.26 Å². The van der Waals surface area contributed by atoms with E-state index in [1.54, 1.807) is 14.2 Å². The van der Waals surface area contributed by atoms with E-state index in [-0.39, 0.29) is 0 Å². The van der Waals surface area contributed by atoms with Gasteiger partial charge in [0.1, 0.15) is 11.8 Å². The second-order valence-corrected chi connectivity index (χ2v) is 4.73. The number of hydrogen-bond acceptors (Lipinski definition) is 4. The molecule has 4 heteroatoms. The molecule has 0 spiro atoms. The van der Waals surface area contributed by atoms with E-state index >= 15 is 0 Å². The molecule has 3 aromatic rings. The molecule has 1 aromatic heterocycles. The zero-order chi connectivity index (χ0) is 15.5. The van der Waals surface area contributed by atoms with E-state index in [9.17, 15) is 5.26 Å². The third-order valence-electron chi connectivity index (χ3n) is 3.54. The summed E-state index contributed by atoms with van der Waals surface area (Å²) in [7, 11) is 3.17. The number of nitriles is 1. The van der Waals surface area contributed by atoms with Crippen LogP contribution >= 0.6 is 0 Å². The van der Waals surface area contributed by atoms with Gasteiger partial charge < -0.3 is 9.47 Å². The Morgan fingerprint density at radius 1 is 0.955 bits per heavy atom. The monoisotopic (exact) mass is 290 g/mol. The van der Waals surface area contributed by atoms with Crippen molar-refractivity contribution in [3.8, 4) is 28.8 Å². The van der Waals surface area contributed by atoms with Gasteiger partial charge >= 0.3 is 0 Å². The average molecular weight is 290 g/mol. The van der Waals surface area contributed by atoms with E-state index in [1.807, 2.05) is 48.5 Å². The predicted octanol–water partition coefficient (Wildman–Crippen LogP) is 3.79. The van der Waals surface area contributed by atoms with Crippen LogP contribution in [0, 0.1) is 11.3 Å². The average Bonchev–Trinajstić information content (AvgIpc) is 2.60. The van der Waals surface area contributed by atoms with Crippen LogP contribution in [0.15, 0.2) is 48.5 Å². The molecule has 0 aliphatic rings. The van der Waals surface area contributed by atoms with Crippen molar-refractivity contribution in [2.24, 2.45) is 0 Å². The van der Waals surface area contributed by atoms with E-state index in [4.69, 9.17) is 9.47 Å². The fraction of sp³-hybridized carbons (Fsp3) is 0.111. The molecule has 22 heavy (non-hydrogen) atoms. The first-order valence-electron chi connectivity index (χ1n) is 6.79. The molecular formula is C18H14N2O2. The minimum atomic E-state index is 0.337. The molecule has 0 amide bonds. The molecule has 0 atom stereocenters. The molecule has 0 aliphatic carbocycles. The van der Waals surface area contributed by atoms with Gasteiger partial charge in [0.05, 0.1) is 14.2 Å². The van der Waals surface area contributed by atoms with Gasteiger partial charge in [-0.3, -0.25) is 0 Å². The molecule has 4 nitrogen and oxygen atoms in total. The van der Waals surface area contributed by atoms with Crippen LogP contribution in [-0.2, 0) is 0 Å². The molecular weight excluding hydrogens is 276 g/mol. The maximum atomic E-state index is 9.49. The lowest BCUT2D eigenvalue weighted by atomic mass is 9.97. The van der Waals surface area contributed by atoms with Crippen LogP contribution in [0.5, 0.6) is 11.6 Å². The molecule has 3 rings (SSSR count). The fourth-order valence-corrected chi connectivity index (χ4v) is 2.52. The van der Waals surface area contributed by atoms with Crippen LogP contribution in [0.4, 0.5) is 0 Å². The van der Waals surface area contributed by atoms with Crippen molar-refractivity contribution in [1.29, 1.82) is 5.26 Å². The summed E-state index contributed by atoms with van der Waals surface area (Å²) in [5.41, 5.74) is 2.06. The van der Waals surface area contributed by atoms with Crippen molar-refractivity contribution in [3.05, 3.63) is 54.2 Å². The Labute approximate surface area is 128 Å². The molecule has 0 bridgehead atoms. The predicted molar refractivity (Wildman–Crippen MR) is 85.0 cm³/mol. The first-order valence-corrected chi connectivity index (χ1v) is 6.79. The first-order chi connectivity index (χ1) is 10.8. The summed E-state index contributed by atoms with van der Waals surface area (Å²) < 4.78 is 10.6. The number of ether oxygens (including phenoxy) is 2. The van der Waals surface area contributed by atoms with Crippen LogP contribution < -0.4 is 9.47 Å². The number of methoxy groups -OCH3 is 2. The van der Waals surface area contributed by atoms with Crippen molar-refractivity contribution in [2.75, 3.05) is 14.2 Å². The molecule has 108 valence electrons.